The fourth-order valence-electron chi connectivity index (χ4n) is 2.93. The number of benzene rings is 1. The number of anilines is 1. The first-order chi connectivity index (χ1) is 8.55. The Morgan fingerprint density at radius 1 is 1.37 bits per heavy atom. The number of carbonyl (C=O) groups is 1. The van der Waals surface area contributed by atoms with E-state index in [2.05, 4.69) is 26.0 Å². The summed E-state index contributed by atoms with van der Waals surface area (Å²) in [5.41, 5.74) is 8.19. The smallest absolute Gasteiger partial charge is 0.243 e. The molecule has 0 spiro atoms. The lowest BCUT2D eigenvalue weighted by Gasteiger charge is -2.28. The molecule has 2 rings (SSSR count). The number of fused-ring (bicyclic) bond motifs is 1. The molecule has 0 aliphatic carbocycles. The summed E-state index contributed by atoms with van der Waals surface area (Å²) in [4.78, 5) is 14.1. The van der Waals surface area contributed by atoms with Crippen molar-refractivity contribution in [2.45, 2.75) is 45.1 Å². The van der Waals surface area contributed by atoms with Crippen LogP contribution in [0.4, 0.5) is 5.69 Å². The summed E-state index contributed by atoms with van der Waals surface area (Å²) < 4.78 is 0. The fourth-order valence-corrected chi connectivity index (χ4v) is 2.93. The van der Waals surface area contributed by atoms with Gasteiger partial charge in [0.25, 0.3) is 0 Å². The predicted octanol–water partition coefficient (Wildman–Crippen LogP) is 2.86. The standard InChI is InChI=1S/C15H22N2O.ClH/c1-4-15(5-2)10-17(14(18)11(3)16)13-9-7-6-8-12(13)15;/h6-9,11H,4-5,10,16H2,1-3H3;1H/t11-;/m1./s1. The van der Waals surface area contributed by atoms with E-state index >= 15 is 0 Å². The lowest BCUT2D eigenvalue weighted by Crippen LogP contribution is -2.44. The fraction of sp³-hybridized carbons (Fsp3) is 0.533. The number of rotatable bonds is 3. The topological polar surface area (TPSA) is 46.3 Å². The normalized spacial score (nSPS) is 17.6. The van der Waals surface area contributed by atoms with Crippen LogP contribution in [0.15, 0.2) is 24.3 Å². The summed E-state index contributed by atoms with van der Waals surface area (Å²) in [6.45, 7) is 6.91. The number of carbonyl (C=O) groups excluding carboxylic acids is 1. The van der Waals surface area contributed by atoms with E-state index in [0.29, 0.717) is 0 Å². The van der Waals surface area contributed by atoms with Gasteiger partial charge in [0.05, 0.1) is 6.04 Å². The molecule has 1 aromatic carbocycles. The van der Waals surface area contributed by atoms with Gasteiger partial charge < -0.3 is 10.6 Å². The molecule has 1 amide bonds. The van der Waals surface area contributed by atoms with Crippen molar-refractivity contribution in [3.05, 3.63) is 29.8 Å². The first kappa shape index (κ1) is 16.0. The Bertz CT molecular complexity index is 455. The third-order valence-corrected chi connectivity index (χ3v) is 4.24. The van der Waals surface area contributed by atoms with Gasteiger partial charge in [0.15, 0.2) is 0 Å². The van der Waals surface area contributed by atoms with E-state index in [1.165, 1.54) is 5.56 Å². The highest BCUT2D eigenvalue weighted by molar-refractivity contribution is 5.99. The molecule has 0 radical (unpaired) electrons. The van der Waals surface area contributed by atoms with Gasteiger partial charge in [-0.3, -0.25) is 4.79 Å². The number of nitrogens with zero attached hydrogens (tertiary/aromatic N) is 1. The number of nitrogens with two attached hydrogens (primary N) is 1. The van der Waals surface area contributed by atoms with Crippen molar-refractivity contribution in [1.82, 2.24) is 0 Å². The average Bonchev–Trinajstić information content (AvgIpc) is 2.73. The molecule has 2 N–H and O–H groups in total. The van der Waals surface area contributed by atoms with Crippen LogP contribution in [0.1, 0.15) is 39.2 Å². The molecule has 1 aromatic rings. The van der Waals surface area contributed by atoms with Gasteiger partial charge in [-0.05, 0) is 31.4 Å². The number of halogens is 1. The summed E-state index contributed by atoms with van der Waals surface area (Å²) in [5.74, 6) is 0.0197. The Kier molecular flexibility index (Phi) is 4.99. The maximum atomic E-state index is 12.2. The lowest BCUT2D eigenvalue weighted by atomic mass is 9.78. The molecule has 0 bridgehead atoms. The summed E-state index contributed by atoms with van der Waals surface area (Å²) in [6, 6.07) is 7.78. The van der Waals surface area contributed by atoms with E-state index in [0.717, 1.165) is 25.1 Å². The molecule has 1 heterocycles. The Morgan fingerprint density at radius 2 is 1.95 bits per heavy atom. The molecule has 19 heavy (non-hydrogen) atoms. The highest BCUT2D eigenvalue weighted by atomic mass is 35.5. The van der Waals surface area contributed by atoms with Gasteiger partial charge >= 0.3 is 0 Å². The molecule has 3 nitrogen and oxygen atoms in total. The molecular formula is C15H23ClN2O. The van der Waals surface area contributed by atoms with E-state index in [-0.39, 0.29) is 23.7 Å². The zero-order valence-electron chi connectivity index (χ0n) is 11.8. The van der Waals surface area contributed by atoms with Crippen molar-refractivity contribution in [2.24, 2.45) is 5.73 Å². The van der Waals surface area contributed by atoms with Gasteiger partial charge in [0.2, 0.25) is 5.91 Å². The van der Waals surface area contributed by atoms with Crippen LogP contribution in [0.2, 0.25) is 0 Å². The van der Waals surface area contributed by atoms with E-state index in [4.69, 9.17) is 5.73 Å². The molecule has 1 aliphatic rings. The van der Waals surface area contributed by atoms with Crippen LogP contribution in [-0.2, 0) is 10.2 Å². The number of hydrogen-bond donors (Lipinski definition) is 1. The zero-order valence-corrected chi connectivity index (χ0v) is 12.7. The first-order valence-corrected chi connectivity index (χ1v) is 6.72. The Morgan fingerprint density at radius 3 is 2.47 bits per heavy atom. The minimum Gasteiger partial charge on any atom is -0.320 e. The zero-order chi connectivity index (χ0) is 13.3. The van der Waals surface area contributed by atoms with Crippen molar-refractivity contribution < 1.29 is 4.79 Å². The lowest BCUT2D eigenvalue weighted by molar-refractivity contribution is -0.119. The summed E-state index contributed by atoms with van der Waals surface area (Å²) in [6.07, 6.45) is 2.09. The molecule has 0 fully saturated rings. The summed E-state index contributed by atoms with van der Waals surface area (Å²) >= 11 is 0. The second-order valence-corrected chi connectivity index (χ2v) is 5.22. The Labute approximate surface area is 121 Å². The van der Waals surface area contributed by atoms with Crippen molar-refractivity contribution in [3.63, 3.8) is 0 Å². The largest absolute Gasteiger partial charge is 0.320 e. The highest BCUT2D eigenvalue weighted by Gasteiger charge is 2.42. The third-order valence-electron chi connectivity index (χ3n) is 4.24. The van der Waals surface area contributed by atoms with Crippen LogP contribution in [-0.4, -0.2) is 18.5 Å². The highest BCUT2D eigenvalue weighted by Crippen LogP contribution is 2.45. The number of amides is 1. The van der Waals surface area contributed by atoms with Gasteiger partial charge in [-0.2, -0.15) is 0 Å². The van der Waals surface area contributed by atoms with Crippen LogP contribution in [0.3, 0.4) is 0 Å². The molecule has 1 aliphatic heterocycles. The predicted molar refractivity (Wildman–Crippen MR) is 82.0 cm³/mol. The van der Waals surface area contributed by atoms with Gasteiger partial charge in [0.1, 0.15) is 0 Å². The van der Waals surface area contributed by atoms with Crippen molar-refractivity contribution >= 4 is 24.0 Å². The van der Waals surface area contributed by atoms with Crippen molar-refractivity contribution in [1.29, 1.82) is 0 Å². The maximum absolute atomic E-state index is 12.2. The quantitative estimate of drug-likeness (QED) is 0.927. The Hall–Kier alpha value is -1.06. The molecule has 4 heteroatoms. The van der Waals surface area contributed by atoms with Crippen LogP contribution in [0.25, 0.3) is 0 Å². The summed E-state index contributed by atoms with van der Waals surface area (Å²) in [7, 11) is 0. The molecule has 0 unspecified atom stereocenters. The number of para-hydroxylation sites is 1. The monoisotopic (exact) mass is 282 g/mol. The van der Waals surface area contributed by atoms with E-state index in [9.17, 15) is 4.79 Å². The van der Waals surface area contributed by atoms with Crippen LogP contribution < -0.4 is 10.6 Å². The molecule has 0 saturated carbocycles. The van der Waals surface area contributed by atoms with Gasteiger partial charge in [0, 0.05) is 17.6 Å². The van der Waals surface area contributed by atoms with Gasteiger partial charge in [-0.1, -0.05) is 32.0 Å². The minimum absolute atomic E-state index is 0. The maximum Gasteiger partial charge on any atom is 0.243 e. The number of hydrogen-bond acceptors (Lipinski definition) is 2. The van der Waals surface area contributed by atoms with E-state index in [1.54, 1.807) is 6.92 Å². The van der Waals surface area contributed by atoms with Crippen molar-refractivity contribution in [3.8, 4) is 0 Å². The molecule has 106 valence electrons. The molecule has 0 saturated heterocycles. The average molecular weight is 283 g/mol. The van der Waals surface area contributed by atoms with Crippen LogP contribution in [0.5, 0.6) is 0 Å². The third kappa shape index (κ3) is 2.49. The van der Waals surface area contributed by atoms with E-state index in [1.807, 2.05) is 17.0 Å². The van der Waals surface area contributed by atoms with Crippen LogP contribution in [0, 0.1) is 0 Å². The molecular weight excluding hydrogens is 260 g/mol. The molecule has 0 aromatic heterocycles. The molecule has 1 atom stereocenters. The van der Waals surface area contributed by atoms with E-state index < -0.39 is 6.04 Å². The SMILES string of the molecule is CCC1(CC)CN(C(=O)[C@@H](C)N)c2ccccc21.Cl. The van der Waals surface area contributed by atoms with Gasteiger partial charge in [-0.15, -0.1) is 12.4 Å². The first-order valence-electron chi connectivity index (χ1n) is 6.72. The Balaban J connectivity index is 0.00000180. The van der Waals surface area contributed by atoms with Crippen molar-refractivity contribution in [2.75, 3.05) is 11.4 Å². The second kappa shape index (κ2) is 5.93. The second-order valence-electron chi connectivity index (χ2n) is 5.22. The minimum atomic E-state index is -0.442. The summed E-state index contributed by atoms with van der Waals surface area (Å²) in [5, 5.41) is 0. The van der Waals surface area contributed by atoms with Crippen LogP contribution >= 0.6 is 12.4 Å². The van der Waals surface area contributed by atoms with Gasteiger partial charge in [-0.25, -0.2) is 0 Å².